The zero-order valence-corrected chi connectivity index (χ0v) is 19.5. The Morgan fingerprint density at radius 2 is 2.03 bits per heavy atom. The van der Waals surface area contributed by atoms with E-state index in [0.717, 1.165) is 34.7 Å². The maximum atomic E-state index is 12.8. The number of anilines is 3. The maximum absolute atomic E-state index is 12.8. The number of thiazole rings is 1. The maximum Gasteiger partial charge on any atom is 0.259 e. The van der Waals surface area contributed by atoms with Crippen LogP contribution in [0.1, 0.15) is 16.1 Å². The minimum atomic E-state index is -0.269. The number of fused-ring (bicyclic) bond motifs is 1. The summed E-state index contributed by atoms with van der Waals surface area (Å²) < 4.78 is 12.0. The van der Waals surface area contributed by atoms with Gasteiger partial charge in [-0.1, -0.05) is 17.4 Å². The van der Waals surface area contributed by atoms with Gasteiger partial charge in [-0.2, -0.15) is 0 Å². The van der Waals surface area contributed by atoms with Crippen molar-refractivity contribution in [2.24, 2.45) is 0 Å². The topological polar surface area (TPSA) is 102 Å². The Morgan fingerprint density at radius 1 is 1.15 bits per heavy atom. The number of hydrogen-bond donors (Lipinski definition) is 2. The molecule has 0 radical (unpaired) electrons. The standard InChI is InChI=1S/C24H24N6O3S/c1-32-19-7-6-18(30-10-12-33-13-11-30)22-21(19)28-24(34-22)29-23(31)16-5-8-20(26-14-16)27-15-17-4-2-3-9-25-17/h2-9,14H,10-13,15H2,1H3,(H,26,27)(H,28,29,31). The van der Waals surface area contributed by atoms with Crippen molar-refractivity contribution in [2.45, 2.75) is 6.54 Å². The largest absolute Gasteiger partial charge is 0.494 e. The molecule has 174 valence electrons. The van der Waals surface area contributed by atoms with Gasteiger partial charge in [-0.3, -0.25) is 15.1 Å². The normalized spacial score (nSPS) is 13.6. The third-order valence-electron chi connectivity index (χ3n) is 5.48. The first kappa shape index (κ1) is 22.1. The summed E-state index contributed by atoms with van der Waals surface area (Å²) >= 11 is 1.43. The smallest absolute Gasteiger partial charge is 0.259 e. The van der Waals surface area contributed by atoms with E-state index in [9.17, 15) is 4.79 Å². The van der Waals surface area contributed by atoms with Gasteiger partial charge >= 0.3 is 0 Å². The molecule has 5 rings (SSSR count). The zero-order valence-electron chi connectivity index (χ0n) is 18.7. The number of aromatic nitrogens is 3. The molecule has 1 aromatic carbocycles. The number of ether oxygens (including phenoxy) is 2. The number of methoxy groups -OCH3 is 1. The lowest BCUT2D eigenvalue weighted by Gasteiger charge is -2.29. The number of morpholine rings is 1. The molecule has 3 aromatic heterocycles. The molecule has 1 aliphatic heterocycles. The predicted molar refractivity (Wildman–Crippen MR) is 133 cm³/mol. The predicted octanol–water partition coefficient (Wildman–Crippen LogP) is 3.80. The molecule has 4 aromatic rings. The number of nitrogens with one attached hydrogen (secondary N) is 2. The highest BCUT2D eigenvalue weighted by molar-refractivity contribution is 7.23. The van der Waals surface area contributed by atoms with Crippen LogP contribution in [0.3, 0.4) is 0 Å². The summed E-state index contributed by atoms with van der Waals surface area (Å²) in [6, 6.07) is 13.2. The summed E-state index contributed by atoms with van der Waals surface area (Å²) in [5.74, 6) is 1.07. The molecule has 0 saturated carbocycles. The summed E-state index contributed by atoms with van der Waals surface area (Å²) in [4.78, 5) is 28.4. The summed E-state index contributed by atoms with van der Waals surface area (Å²) in [5.41, 5.74) is 3.16. The van der Waals surface area contributed by atoms with Gasteiger partial charge < -0.3 is 19.7 Å². The highest BCUT2D eigenvalue weighted by Gasteiger charge is 2.20. The second-order valence-electron chi connectivity index (χ2n) is 7.64. The molecule has 0 aliphatic carbocycles. The van der Waals surface area contributed by atoms with Crippen LogP contribution in [0.25, 0.3) is 10.2 Å². The first-order valence-electron chi connectivity index (χ1n) is 10.9. The van der Waals surface area contributed by atoms with E-state index in [-0.39, 0.29) is 5.91 Å². The molecule has 0 spiro atoms. The van der Waals surface area contributed by atoms with Crippen LogP contribution in [0, 0.1) is 0 Å². The Kier molecular flexibility index (Phi) is 6.50. The van der Waals surface area contributed by atoms with Crippen molar-refractivity contribution in [1.82, 2.24) is 15.0 Å². The molecular formula is C24H24N6O3S. The van der Waals surface area contributed by atoms with Crippen LogP contribution in [0.5, 0.6) is 5.75 Å². The van der Waals surface area contributed by atoms with Crippen LogP contribution in [0.15, 0.2) is 54.9 Å². The van der Waals surface area contributed by atoms with Gasteiger partial charge in [0.2, 0.25) is 0 Å². The number of rotatable bonds is 7. The van der Waals surface area contributed by atoms with Crippen LogP contribution in [0.2, 0.25) is 0 Å². The second kappa shape index (κ2) is 10.0. The van der Waals surface area contributed by atoms with Crippen molar-refractivity contribution in [3.8, 4) is 5.75 Å². The molecule has 0 unspecified atom stereocenters. The molecule has 4 heterocycles. The van der Waals surface area contributed by atoms with Crippen molar-refractivity contribution in [3.05, 3.63) is 66.1 Å². The zero-order chi connectivity index (χ0) is 23.3. The van der Waals surface area contributed by atoms with Crippen molar-refractivity contribution < 1.29 is 14.3 Å². The fraction of sp³-hybridized carbons (Fsp3) is 0.250. The van der Waals surface area contributed by atoms with Gasteiger partial charge in [0.1, 0.15) is 17.1 Å². The quantitative estimate of drug-likeness (QED) is 0.415. The van der Waals surface area contributed by atoms with E-state index in [0.29, 0.717) is 42.0 Å². The minimum absolute atomic E-state index is 0.269. The van der Waals surface area contributed by atoms with E-state index < -0.39 is 0 Å². The first-order chi connectivity index (χ1) is 16.7. The molecule has 9 nitrogen and oxygen atoms in total. The van der Waals surface area contributed by atoms with Gasteiger partial charge in [-0.15, -0.1) is 0 Å². The second-order valence-corrected chi connectivity index (χ2v) is 8.64. The summed E-state index contributed by atoms with van der Waals surface area (Å²) in [5, 5.41) is 6.62. The number of pyridine rings is 2. The number of carbonyl (C=O) groups is 1. The van der Waals surface area contributed by atoms with Gasteiger partial charge in [-0.05, 0) is 36.4 Å². The Bertz CT molecular complexity index is 1270. The lowest BCUT2D eigenvalue weighted by atomic mass is 10.2. The molecule has 1 amide bonds. The molecule has 1 saturated heterocycles. The minimum Gasteiger partial charge on any atom is -0.494 e. The fourth-order valence-corrected chi connectivity index (χ4v) is 4.75. The SMILES string of the molecule is COc1ccc(N2CCOCC2)c2sc(NC(=O)c3ccc(NCc4ccccn4)nc3)nc12. The van der Waals surface area contributed by atoms with Gasteiger partial charge in [-0.25, -0.2) is 9.97 Å². The van der Waals surface area contributed by atoms with E-state index >= 15 is 0 Å². The van der Waals surface area contributed by atoms with Gasteiger partial charge in [0.25, 0.3) is 5.91 Å². The van der Waals surface area contributed by atoms with Gasteiger partial charge in [0.05, 0.1) is 48.5 Å². The van der Waals surface area contributed by atoms with Crippen molar-refractivity contribution >= 4 is 44.1 Å². The third kappa shape index (κ3) is 4.78. The van der Waals surface area contributed by atoms with Crippen molar-refractivity contribution in [1.29, 1.82) is 0 Å². The molecule has 0 atom stereocenters. The monoisotopic (exact) mass is 476 g/mol. The van der Waals surface area contributed by atoms with E-state index in [1.807, 2.05) is 30.3 Å². The van der Waals surface area contributed by atoms with Crippen molar-refractivity contribution in [2.75, 3.05) is 48.9 Å². The van der Waals surface area contributed by atoms with Crippen molar-refractivity contribution in [3.63, 3.8) is 0 Å². The lowest BCUT2D eigenvalue weighted by Crippen LogP contribution is -2.36. The van der Waals surface area contributed by atoms with Gasteiger partial charge in [0.15, 0.2) is 5.13 Å². The number of hydrogen-bond acceptors (Lipinski definition) is 9. The Balaban J connectivity index is 1.31. The lowest BCUT2D eigenvalue weighted by molar-refractivity contribution is 0.102. The Hall–Kier alpha value is -3.76. The number of carbonyl (C=O) groups excluding carboxylic acids is 1. The summed E-state index contributed by atoms with van der Waals surface area (Å²) in [7, 11) is 1.62. The first-order valence-corrected chi connectivity index (χ1v) is 11.7. The van der Waals surface area contributed by atoms with E-state index in [1.54, 1.807) is 31.6 Å². The number of amides is 1. The summed E-state index contributed by atoms with van der Waals surface area (Å²) in [6.45, 7) is 3.56. The third-order valence-corrected chi connectivity index (χ3v) is 6.47. The highest BCUT2D eigenvalue weighted by Crippen LogP contribution is 2.39. The molecule has 2 N–H and O–H groups in total. The van der Waals surface area contributed by atoms with Crippen LogP contribution in [-0.4, -0.2) is 54.3 Å². The summed E-state index contributed by atoms with van der Waals surface area (Å²) in [6.07, 6.45) is 3.29. The molecule has 1 aliphatic rings. The van der Waals surface area contributed by atoms with Crippen LogP contribution in [0.4, 0.5) is 16.6 Å². The Labute approximate surface area is 200 Å². The fourth-order valence-electron chi connectivity index (χ4n) is 3.73. The van der Waals surface area contributed by atoms with Crippen LogP contribution in [-0.2, 0) is 11.3 Å². The van der Waals surface area contributed by atoms with E-state index in [2.05, 4.69) is 30.5 Å². The Morgan fingerprint density at radius 3 is 2.76 bits per heavy atom. The average Bonchev–Trinajstić information content (AvgIpc) is 3.32. The number of benzene rings is 1. The van der Waals surface area contributed by atoms with Crippen LogP contribution >= 0.6 is 11.3 Å². The molecular weight excluding hydrogens is 452 g/mol. The number of nitrogens with zero attached hydrogens (tertiary/aromatic N) is 4. The molecule has 1 fully saturated rings. The molecule has 34 heavy (non-hydrogen) atoms. The van der Waals surface area contributed by atoms with E-state index in [1.165, 1.54) is 11.3 Å². The molecule has 0 bridgehead atoms. The van der Waals surface area contributed by atoms with Crippen LogP contribution < -0.4 is 20.3 Å². The van der Waals surface area contributed by atoms with E-state index in [4.69, 9.17) is 9.47 Å². The molecule has 10 heteroatoms. The van der Waals surface area contributed by atoms with Gasteiger partial charge in [0, 0.05) is 25.5 Å². The highest BCUT2D eigenvalue weighted by atomic mass is 32.1. The average molecular weight is 477 g/mol.